The molecule has 0 saturated heterocycles. The first-order valence-electron chi connectivity index (χ1n) is 10.5. The van der Waals surface area contributed by atoms with Gasteiger partial charge in [-0.15, -0.1) is 0 Å². The average molecular weight is 468 g/mol. The van der Waals surface area contributed by atoms with Crippen LogP contribution in [-0.2, 0) is 13.1 Å². The molecule has 0 atom stereocenters. The summed E-state index contributed by atoms with van der Waals surface area (Å²) in [6.07, 6.45) is 2.15. The van der Waals surface area contributed by atoms with Crippen LogP contribution in [0.25, 0.3) is 16.9 Å². The maximum absolute atomic E-state index is 13.4. The van der Waals surface area contributed by atoms with E-state index in [9.17, 15) is 19.7 Å². The average Bonchev–Trinajstić information content (AvgIpc) is 3.18. The third-order valence-corrected chi connectivity index (χ3v) is 5.74. The van der Waals surface area contributed by atoms with Crippen molar-refractivity contribution in [2.75, 3.05) is 0 Å². The number of nitrogens with zero attached hydrogens (tertiary/aromatic N) is 5. The molecule has 10 heteroatoms. The van der Waals surface area contributed by atoms with E-state index in [4.69, 9.17) is 11.6 Å². The van der Waals surface area contributed by atoms with Crippen LogP contribution in [0, 0.1) is 16.0 Å². The first-order chi connectivity index (χ1) is 15.8. The highest BCUT2D eigenvalue weighted by Crippen LogP contribution is 2.22. The van der Waals surface area contributed by atoms with Crippen molar-refractivity contribution in [1.82, 2.24) is 18.7 Å². The third-order valence-electron chi connectivity index (χ3n) is 5.42. The van der Waals surface area contributed by atoms with Gasteiger partial charge in [0.05, 0.1) is 22.0 Å². The lowest BCUT2D eigenvalue weighted by molar-refractivity contribution is -0.384. The van der Waals surface area contributed by atoms with E-state index in [1.807, 2.05) is 13.8 Å². The minimum atomic E-state index is -0.498. The normalized spacial score (nSPS) is 11.4. The van der Waals surface area contributed by atoms with Gasteiger partial charge in [-0.1, -0.05) is 49.7 Å². The Morgan fingerprint density at radius 2 is 1.79 bits per heavy atom. The summed E-state index contributed by atoms with van der Waals surface area (Å²) >= 11 is 6.39. The predicted molar refractivity (Wildman–Crippen MR) is 126 cm³/mol. The molecule has 0 N–H and O–H groups in total. The number of rotatable bonds is 7. The first kappa shape index (κ1) is 22.5. The van der Waals surface area contributed by atoms with Gasteiger partial charge in [0.25, 0.3) is 11.2 Å². The van der Waals surface area contributed by atoms with Crippen molar-refractivity contribution in [2.24, 2.45) is 5.92 Å². The highest BCUT2D eigenvalue weighted by molar-refractivity contribution is 6.32. The molecular weight excluding hydrogens is 446 g/mol. The second-order valence-corrected chi connectivity index (χ2v) is 8.58. The zero-order valence-corrected chi connectivity index (χ0v) is 18.9. The standard InChI is InChI=1S/C23H22ClN5O4/c1-15(2)11-12-27-22(30)20-21(28(23(27)31)19-6-4-3-5-18(19)24)25-14-26(20)13-16-7-9-17(10-8-16)29(32)33/h3-10,14-15H,11-13H2,1-2H3. The Morgan fingerprint density at radius 1 is 1.09 bits per heavy atom. The Morgan fingerprint density at radius 3 is 2.42 bits per heavy atom. The van der Waals surface area contributed by atoms with Crippen molar-refractivity contribution in [3.8, 4) is 5.69 Å². The SMILES string of the molecule is CC(C)CCn1c(=O)c2c(ncn2Cc2ccc([N+](=O)[O-])cc2)n(-c2ccccc2Cl)c1=O. The molecule has 9 nitrogen and oxygen atoms in total. The van der Waals surface area contributed by atoms with E-state index in [0.717, 1.165) is 5.56 Å². The summed E-state index contributed by atoms with van der Waals surface area (Å²) in [6, 6.07) is 13.0. The van der Waals surface area contributed by atoms with Crippen molar-refractivity contribution in [3.05, 3.63) is 96.4 Å². The summed E-state index contributed by atoms with van der Waals surface area (Å²) in [7, 11) is 0. The fraction of sp³-hybridized carbons (Fsp3) is 0.261. The van der Waals surface area contributed by atoms with Crippen LogP contribution in [0.15, 0.2) is 64.4 Å². The van der Waals surface area contributed by atoms with Crippen LogP contribution < -0.4 is 11.2 Å². The Bertz CT molecular complexity index is 1450. The number of nitro benzene ring substituents is 1. The third kappa shape index (κ3) is 4.31. The van der Waals surface area contributed by atoms with Crippen LogP contribution >= 0.6 is 11.6 Å². The topological polar surface area (TPSA) is 105 Å². The van der Waals surface area contributed by atoms with E-state index < -0.39 is 16.2 Å². The van der Waals surface area contributed by atoms with Gasteiger partial charge in [-0.25, -0.2) is 14.3 Å². The van der Waals surface area contributed by atoms with Crippen LogP contribution in [0.5, 0.6) is 0 Å². The Kier molecular flexibility index (Phi) is 6.15. The lowest BCUT2D eigenvalue weighted by atomic mass is 10.1. The number of hydrogen-bond acceptors (Lipinski definition) is 5. The van der Waals surface area contributed by atoms with Gasteiger partial charge in [0.1, 0.15) is 0 Å². The van der Waals surface area contributed by atoms with E-state index in [-0.39, 0.29) is 29.9 Å². The molecule has 0 unspecified atom stereocenters. The van der Waals surface area contributed by atoms with E-state index in [2.05, 4.69) is 4.98 Å². The molecule has 0 amide bonds. The van der Waals surface area contributed by atoms with Gasteiger partial charge in [-0.3, -0.25) is 19.5 Å². The van der Waals surface area contributed by atoms with Crippen molar-refractivity contribution < 1.29 is 4.92 Å². The van der Waals surface area contributed by atoms with Gasteiger partial charge in [0.2, 0.25) is 0 Å². The molecule has 2 aromatic heterocycles. The molecule has 33 heavy (non-hydrogen) atoms. The van der Waals surface area contributed by atoms with Gasteiger partial charge < -0.3 is 4.57 Å². The summed E-state index contributed by atoms with van der Waals surface area (Å²) < 4.78 is 4.24. The molecule has 0 fully saturated rings. The zero-order chi connectivity index (χ0) is 23.7. The molecular formula is C23H22ClN5O4. The molecule has 0 aliphatic heterocycles. The number of nitro groups is 1. The minimum Gasteiger partial charge on any atom is -0.320 e. The molecule has 4 aromatic rings. The maximum Gasteiger partial charge on any atom is 0.337 e. The largest absolute Gasteiger partial charge is 0.337 e. The quantitative estimate of drug-likeness (QED) is 0.301. The molecule has 0 spiro atoms. The van der Waals surface area contributed by atoms with Gasteiger partial charge in [0, 0.05) is 25.2 Å². The van der Waals surface area contributed by atoms with Crippen molar-refractivity contribution >= 4 is 28.5 Å². The van der Waals surface area contributed by atoms with Gasteiger partial charge >= 0.3 is 5.69 Å². The highest BCUT2D eigenvalue weighted by atomic mass is 35.5. The number of halogens is 1. The summed E-state index contributed by atoms with van der Waals surface area (Å²) in [6.45, 7) is 4.57. The molecule has 0 aliphatic rings. The van der Waals surface area contributed by atoms with E-state index in [0.29, 0.717) is 23.0 Å². The Balaban J connectivity index is 1.92. The maximum atomic E-state index is 13.4. The lowest BCUT2D eigenvalue weighted by Gasteiger charge is -2.14. The van der Waals surface area contributed by atoms with E-state index >= 15 is 0 Å². The van der Waals surface area contributed by atoms with Crippen molar-refractivity contribution in [1.29, 1.82) is 0 Å². The van der Waals surface area contributed by atoms with Crippen molar-refractivity contribution in [2.45, 2.75) is 33.4 Å². The smallest absolute Gasteiger partial charge is 0.320 e. The number of fused-ring (bicyclic) bond motifs is 1. The first-order valence-corrected chi connectivity index (χ1v) is 10.8. The van der Waals surface area contributed by atoms with E-state index in [1.165, 1.54) is 27.6 Å². The van der Waals surface area contributed by atoms with Crippen LogP contribution in [-0.4, -0.2) is 23.6 Å². The molecule has 4 rings (SSSR count). The fourth-order valence-electron chi connectivity index (χ4n) is 3.65. The lowest BCUT2D eigenvalue weighted by Crippen LogP contribution is -2.40. The molecule has 170 valence electrons. The number of benzene rings is 2. The second kappa shape index (κ2) is 9.03. The summed E-state index contributed by atoms with van der Waals surface area (Å²) in [5, 5.41) is 11.3. The number of imidazole rings is 1. The summed E-state index contributed by atoms with van der Waals surface area (Å²) in [5.74, 6) is 0.297. The fourth-order valence-corrected chi connectivity index (χ4v) is 3.87. The number of non-ortho nitro benzene ring substituents is 1. The molecule has 0 saturated carbocycles. The Labute approximate surface area is 193 Å². The van der Waals surface area contributed by atoms with Gasteiger partial charge in [-0.05, 0) is 30.0 Å². The number of para-hydroxylation sites is 1. The van der Waals surface area contributed by atoms with E-state index in [1.54, 1.807) is 41.0 Å². The molecule has 2 aromatic carbocycles. The Hall–Kier alpha value is -3.72. The summed E-state index contributed by atoms with van der Waals surface area (Å²) in [4.78, 5) is 41.7. The predicted octanol–water partition coefficient (Wildman–Crippen LogP) is 4.00. The van der Waals surface area contributed by atoms with Crippen molar-refractivity contribution in [3.63, 3.8) is 0 Å². The number of aromatic nitrogens is 4. The van der Waals surface area contributed by atoms with Crippen LogP contribution in [0.2, 0.25) is 5.02 Å². The monoisotopic (exact) mass is 467 g/mol. The second-order valence-electron chi connectivity index (χ2n) is 8.18. The molecule has 0 aliphatic carbocycles. The molecule has 0 bridgehead atoms. The van der Waals surface area contributed by atoms with Crippen LogP contribution in [0.4, 0.5) is 5.69 Å². The molecule has 0 radical (unpaired) electrons. The summed E-state index contributed by atoms with van der Waals surface area (Å²) in [5.41, 5.74) is 0.715. The van der Waals surface area contributed by atoms with Crippen LogP contribution in [0.1, 0.15) is 25.8 Å². The minimum absolute atomic E-state index is 0.0159. The number of hydrogen-bond donors (Lipinski definition) is 0. The molecule has 2 heterocycles. The van der Waals surface area contributed by atoms with Gasteiger partial charge in [0.15, 0.2) is 11.2 Å². The van der Waals surface area contributed by atoms with Gasteiger partial charge in [-0.2, -0.15) is 0 Å². The zero-order valence-electron chi connectivity index (χ0n) is 18.1. The highest BCUT2D eigenvalue weighted by Gasteiger charge is 2.20. The van der Waals surface area contributed by atoms with Crippen LogP contribution in [0.3, 0.4) is 0 Å².